The number of rotatable bonds is 4. The van der Waals surface area contributed by atoms with Crippen molar-refractivity contribution in [2.24, 2.45) is 11.7 Å². The molecule has 0 spiro atoms. The summed E-state index contributed by atoms with van der Waals surface area (Å²) in [5.74, 6) is 0.673. The van der Waals surface area contributed by atoms with Gasteiger partial charge in [0.25, 0.3) is 0 Å². The first kappa shape index (κ1) is 13.1. The summed E-state index contributed by atoms with van der Waals surface area (Å²) in [6.07, 6.45) is 1.02. The molecule has 3 unspecified atom stereocenters. The van der Waals surface area contributed by atoms with Crippen LogP contribution in [0, 0.1) is 11.7 Å². The first-order chi connectivity index (χ1) is 9.72. The van der Waals surface area contributed by atoms with Gasteiger partial charge < -0.3 is 10.5 Å². The average Bonchev–Trinajstić information content (AvgIpc) is 3.28. The Labute approximate surface area is 118 Å². The fourth-order valence-electron chi connectivity index (χ4n) is 2.87. The molecule has 2 aromatic rings. The molecular formula is C17H18FNO. The SMILES string of the molecule is COc1cccc(C(N)C2CC2c2ccccc2)c1F. The Morgan fingerprint density at radius 3 is 2.60 bits per heavy atom. The van der Waals surface area contributed by atoms with E-state index in [2.05, 4.69) is 12.1 Å². The minimum absolute atomic E-state index is 0.259. The fourth-order valence-corrected chi connectivity index (χ4v) is 2.87. The average molecular weight is 271 g/mol. The third kappa shape index (κ3) is 2.29. The van der Waals surface area contributed by atoms with E-state index in [0.717, 1.165) is 6.42 Å². The van der Waals surface area contributed by atoms with Crippen LogP contribution in [0.15, 0.2) is 48.5 Å². The van der Waals surface area contributed by atoms with E-state index in [1.54, 1.807) is 18.2 Å². The van der Waals surface area contributed by atoms with Crippen LogP contribution in [-0.2, 0) is 0 Å². The Kier molecular flexibility index (Phi) is 3.45. The maximum Gasteiger partial charge on any atom is 0.169 e. The lowest BCUT2D eigenvalue weighted by Gasteiger charge is -2.14. The van der Waals surface area contributed by atoms with Gasteiger partial charge >= 0.3 is 0 Å². The standard InChI is InChI=1S/C17H18FNO/c1-20-15-9-5-8-12(16(15)18)17(19)14-10-13(14)11-6-3-2-4-7-11/h2-9,13-14,17H,10,19H2,1H3. The zero-order valence-electron chi connectivity index (χ0n) is 11.4. The maximum atomic E-state index is 14.2. The second-order valence-corrected chi connectivity index (χ2v) is 5.31. The van der Waals surface area contributed by atoms with Gasteiger partial charge in [-0.15, -0.1) is 0 Å². The highest BCUT2D eigenvalue weighted by Gasteiger charge is 2.43. The minimum Gasteiger partial charge on any atom is -0.494 e. The van der Waals surface area contributed by atoms with E-state index in [1.165, 1.54) is 12.7 Å². The van der Waals surface area contributed by atoms with Gasteiger partial charge in [0.05, 0.1) is 7.11 Å². The normalized spacial score (nSPS) is 22.4. The Morgan fingerprint density at radius 1 is 1.15 bits per heavy atom. The lowest BCUT2D eigenvalue weighted by atomic mass is 9.99. The molecule has 0 saturated heterocycles. The predicted molar refractivity (Wildman–Crippen MR) is 77.2 cm³/mol. The molecule has 104 valence electrons. The molecule has 0 aromatic heterocycles. The molecular weight excluding hydrogens is 253 g/mol. The monoisotopic (exact) mass is 271 g/mol. The van der Waals surface area contributed by atoms with Crippen molar-refractivity contribution < 1.29 is 9.13 Å². The molecule has 1 fully saturated rings. The maximum absolute atomic E-state index is 14.2. The van der Waals surface area contributed by atoms with Crippen LogP contribution in [0.4, 0.5) is 4.39 Å². The molecule has 0 amide bonds. The summed E-state index contributed by atoms with van der Waals surface area (Å²) >= 11 is 0. The topological polar surface area (TPSA) is 35.2 Å². The smallest absolute Gasteiger partial charge is 0.169 e. The lowest BCUT2D eigenvalue weighted by molar-refractivity contribution is 0.381. The Balaban J connectivity index is 1.80. The molecule has 0 heterocycles. The molecule has 2 aromatic carbocycles. The van der Waals surface area contributed by atoms with Crippen molar-refractivity contribution in [2.45, 2.75) is 18.4 Å². The van der Waals surface area contributed by atoms with Gasteiger partial charge in [0.2, 0.25) is 0 Å². The number of nitrogens with two attached hydrogens (primary N) is 1. The van der Waals surface area contributed by atoms with E-state index < -0.39 is 0 Å². The van der Waals surface area contributed by atoms with Gasteiger partial charge in [0.15, 0.2) is 11.6 Å². The van der Waals surface area contributed by atoms with E-state index in [0.29, 0.717) is 17.4 Å². The highest BCUT2D eigenvalue weighted by Crippen LogP contribution is 2.53. The lowest BCUT2D eigenvalue weighted by Crippen LogP contribution is -2.15. The third-order valence-corrected chi connectivity index (χ3v) is 4.10. The molecule has 0 bridgehead atoms. The van der Waals surface area contributed by atoms with E-state index in [9.17, 15) is 4.39 Å². The summed E-state index contributed by atoms with van der Waals surface area (Å²) < 4.78 is 19.3. The number of ether oxygens (including phenoxy) is 1. The molecule has 3 atom stereocenters. The van der Waals surface area contributed by atoms with Gasteiger partial charge in [0, 0.05) is 11.6 Å². The van der Waals surface area contributed by atoms with Gasteiger partial charge in [-0.05, 0) is 29.9 Å². The van der Waals surface area contributed by atoms with Crippen LogP contribution < -0.4 is 10.5 Å². The second-order valence-electron chi connectivity index (χ2n) is 5.31. The summed E-state index contributed by atoms with van der Waals surface area (Å²) in [6.45, 7) is 0. The van der Waals surface area contributed by atoms with Crippen LogP contribution in [0.5, 0.6) is 5.75 Å². The quantitative estimate of drug-likeness (QED) is 0.921. The predicted octanol–water partition coefficient (Wildman–Crippen LogP) is 3.64. The summed E-state index contributed by atoms with van der Waals surface area (Å²) in [4.78, 5) is 0. The van der Waals surface area contributed by atoms with Gasteiger partial charge in [-0.1, -0.05) is 42.5 Å². The molecule has 1 saturated carbocycles. The van der Waals surface area contributed by atoms with Crippen molar-refractivity contribution in [2.75, 3.05) is 7.11 Å². The van der Waals surface area contributed by atoms with Crippen molar-refractivity contribution in [3.8, 4) is 5.75 Å². The highest BCUT2D eigenvalue weighted by atomic mass is 19.1. The van der Waals surface area contributed by atoms with E-state index >= 15 is 0 Å². The molecule has 3 rings (SSSR count). The molecule has 0 radical (unpaired) electrons. The van der Waals surface area contributed by atoms with E-state index in [-0.39, 0.29) is 17.6 Å². The highest BCUT2D eigenvalue weighted by molar-refractivity contribution is 5.36. The minimum atomic E-state index is -0.332. The van der Waals surface area contributed by atoms with Crippen LogP contribution >= 0.6 is 0 Å². The fraction of sp³-hybridized carbons (Fsp3) is 0.294. The Bertz CT molecular complexity index is 599. The Hall–Kier alpha value is -1.87. The first-order valence-corrected chi connectivity index (χ1v) is 6.85. The zero-order valence-corrected chi connectivity index (χ0v) is 11.4. The van der Waals surface area contributed by atoms with E-state index in [4.69, 9.17) is 10.5 Å². The number of hydrogen-bond acceptors (Lipinski definition) is 2. The first-order valence-electron chi connectivity index (χ1n) is 6.85. The summed E-state index contributed by atoms with van der Waals surface area (Å²) in [7, 11) is 1.47. The molecule has 3 heteroatoms. The second kappa shape index (κ2) is 5.25. The Morgan fingerprint density at radius 2 is 1.90 bits per heavy atom. The summed E-state index contributed by atoms with van der Waals surface area (Å²) in [5, 5.41) is 0. The summed E-state index contributed by atoms with van der Waals surface area (Å²) in [5.41, 5.74) is 8.09. The van der Waals surface area contributed by atoms with Crippen molar-refractivity contribution in [1.29, 1.82) is 0 Å². The van der Waals surface area contributed by atoms with Crippen molar-refractivity contribution in [3.63, 3.8) is 0 Å². The number of halogens is 1. The van der Waals surface area contributed by atoms with E-state index in [1.807, 2.05) is 18.2 Å². The zero-order chi connectivity index (χ0) is 14.1. The van der Waals surface area contributed by atoms with Crippen LogP contribution in [0.1, 0.15) is 29.5 Å². The van der Waals surface area contributed by atoms with Gasteiger partial charge in [0.1, 0.15) is 0 Å². The van der Waals surface area contributed by atoms with Gasteiger partial charge in [-0.3, -0.25) is 0 Å². The van der Waals surface area contributed by atoms with Crippen LogP contribution in [0.2, 0.25) is 0 Å². The third-order valence-electron chi connectivity index (χ3n) is 4.10. The molecule has 20 heavy (non-hydrogen) atoms. The van der Waals surface area contributed by atoms with Crippen molar-refractivity contribution >= 4 is 0 Å². The number of benzene rings is 2. The number of hydrogen-bond donors (Lipinski definition) is 1. The summed E-state index contributed by atoms with van der Waals surface area (Å²) in [6, 6.07) is 15.2. The van der Waals surface area contributed by atoms with Crippen LogP contribution in [0.3, 0.4) is 0 Å². The van der Waals surface area contributed by atoms with Crippen LogP contribution in [-0.4, -0.2) is 7.11 Å². The van der Waals surface area contributed by atoms with Crippen LogP contribution in [0.25, 0.3) is 0 Å². The van der Waals surface area contributed by atoms with Gasteiger partial charge in [-0.2, -0.15) is 0 Å². The molecule has 2 N–H and O–H groups in total. The molecule has 1 aliphatic rings. The van der Waals surface area contributed by atoms with Crippen molar-refractivity contribution in [3.05, 3.63) is 65.5 Å². The molecule has 2 nitrogen and oxygen atoms in total. The van der Waals surface area contributed by atoms with Crippen molar-refractivity contribution in [1.82, 2.24) is 0 Å². The molecule has 0 aliphatic heterocycles. The number of methoxy groups -OCH3 is 1. The van der Waals surface area contributed by atoms with Gasteiger partial charge in [-0.25, -0.2) is 4.39 Å². The largest absolute Gasteiger partial charge is 0.494 e. The molecule has 1 aliphatic carbocycles.